The Morgan fingerprint density at radius 2 is 1.89 bits per heavy atom. The lowest BCUT2D eigenvalue weighted by atomic mass is 9.73. The number of hydrogen-bond acceptors (Lipinski definition) is 3. The fourth-order valence-corrected chi connectivity index (χ4v) is 4.36. The Morgan fingerprint density at radius 3 is 2.56 bits per heavy atom. The molecule has 0 bridgehead atoms. The van der Waals surface area contributed by atoms with E-state index in [-0.39, 0.29) is 17.7 Å². The van der Waals surface area contributed by atoms with Crippen molar-refractivity contribution in [3.05, 3.63) is 60.7 Å². The van der Waals surface area contributed by atoms with E-state index in [1.54, 1.807) is 12.5 Å². The number of nitrogens with two attached hydrogens (primary N) is 1. The van der Waals surface area contributed by atoms with Gasteiger partial charge in [0.15, 0.2) is 0 Å². The van der Waals surface area contributed by atoms with Crippen molar-refractivity contribution in [3.8, 4) is 17.2 Å². The molecule has 1 saturated carbocycles. The van der Waals surface area contributed by atoms with Gasteiger partial charge in [0, 0.05) is 17.2 Å². The number of nitriles is 1. The summed E-state index contributed by atoms with van der Waals surface area (Å²) in [7, 11) is 0. The summed E-state index contributed by atoms with van der Waals surface area (Å²) in [5.41, 5.74) is 9.85. The van der Waals surface area contributed by atoms with Gasteiger partial charge in [0.2, 0.25) is 5.91 Å². The number of aromatic nitrogens is 2. The van der Waals surface area contributed by atoms with Crippen molar-refractivity contribution in [2.24, 2.45) is 17.6 Å². The van der Waals surface area contributed by atoms with Gasteiger partial charge in [-0.25, -0.2) is 4.98 Å². The van der Waals surface area contributed by atoms with Gasteiger partial charge in [-0.2, -0.15) is 5.26 Å². The number of rotatable bonds is 4. The van der Waals surface area contributed by atoms with Crippen LogP contribution in [0.2, 0.25) is 0 Å². The highest BCUT2D eigenvalue weighted by molar-refractivity contribution is 5.85. The smallest absolute Gasteiger partial charge is 0.226 e. The number of amides is 1. The molecule has 0 aliphatic heterocycles. The van der Waals surface area contributed by atoms with E-state index in [1.807, 2.05) is 40.8 Å². The van der Waals surface area contributed by atoms with Crippen LogP contribution in [-0.2, 0) is 4.79 Å². The maximum atomic E-state index is 12.6. The van der Waals surface area contributed by atoms with Crippen LogP contribution in [0, 0.1) is 23.2 Å². The monoisotopic (exact) mass is 358 g/mol. The summed E-state index contributed by atoms with van der Waals surface area (Å²) in [6.07, 6.45) is 6.88. The molecule has 1 amide bonds. The number of hydrogen-bond donors (Lipinski definition) is 1. The average molecular weight is 358 g/mol. The second-order valence-electron chi connectivity index (χ2n) is 7.31. The van der Waals surface area contributed by atoms with Crippen LogP contribution >= 0.6 is 0 Å². The van der Waals surface area contributed by atoms with Gasteiger partial charge in [-0.1, -0.05) is 36.4 Å². The third kappa shape index (κ3) is 3.19. The zero-order chi connectivity index (χ0) is 18.8. The lowest BCUT2D eigenvalue weighted by Gasteiger charge is -2.32. The molecule has 5 heteroatoms. The molecule has 136 valence electrons. The molecule has 5 nitrogen and oxygen atoms in total. The quantitative estimate of drug-likeness (QED) is 0.767. The predicted molar refractivity (Wildman–Crippen MR) is 104 cm³/mol. The maximum Gasteiger partial charge on any atom is 0.226 e. The molecule has 27 heavy (non-hydrogen) atoms. The number of benzene rings is 1. The number of carbonyl (C=O) groups is 1. The Kier molecular flexibility index (Phi) is 4.64. The van der Waals surface area contributed by atoms with Crippen molar-refractivity contribution < 1.29 is 4.79 Å². The van der Waals surface area contributed by atoms with Crippen LogP contribution in [0.1, 0.15) is 37.3 Å². The van der Waals surface area contributed by atoms with Crippen molar-refractivity contribution in [3.63, 3.8) is 0 Å². The second-order valence-corrected chi connectivity index (χ2v) is 7.31. The molecule has 0 radical (unpaired) electrons. The molecule has 1 aliphatic rings. The van der Waals surface area contributed by atoms with E-state index in [0.29, 0.717) is 0 Å². The summed E-state index contributed by atoms with van der Waals surface area (Å²) in [6, 6.07) is 16.5. The summed E-state index contributed by atoms with van der Waals surface area (Å²) in [4.78, 5) is 16.9. The molecule has 4 rings (SSSR count). The van der Waals surface area contributed by atoms with Gasteiger partial charge < -0.3 is 10.1 Å². The Balaban J connectivity index is 1.86. The largest absolute Gasteiger partial charge is 0.369 e. The first-order chi connectivity index (χ1) is 13.2. The number of primary amides is 1. The minimum atomic E-state index is -0.405. The molecule has 1 unspecified atom stereocenters. The van der Waals surface area contributed by atoms with E-state index in [0.717, 1.165) is 48.0 Å². The molecule has 1 atom stereocenters. The first-order valence-corrected chi connectivity index (χ1v) is 9.38. The van der Waals surface area contributed by atoms with Gasteiger partial charge in [-0.15, -0.1) is 0 Å². The summed E-state index contributed by atoms with van der Waals surface area (Å²) < 4.78 is 1.99. The van der Waals surface area contributed by atoms with Crippen LogP contribution in [0.15, 0.2) is 55.0 Å². The Bertz CT molecular complexity index is 994. The van der Waals surface area contributed by atoms with Crippen molar-refractivity contribution in [2.75, 3.05) is 0 Å². The van der Waals surface area contributed by atoms with Crippen LogP contribution in [0.25, 0.3) is 16.6 Å². The van der Waals surface area contributed by atoms with Crippen molar-refractivity contribution in [2.45, 2.75) is 31.6 Å². The molecule has 1 fully saturated rings. The highest BCUT2D eigenvalue weighted by Crippen LogP contribution is 2.41. The summed E-state index contributed by atoms with van der Waals surface area (Å²) in [5.74, 6) is -0.485. The predicted octanol–water partition coefficient (Wildman–Crippen LogP) is 3.90. The summed E-state index contributed by atoms with van der Waals surface area (Å²) in [5, 5.41) is 9.19. The topological polar surface area (TPSA) is 84.2 Å². The molecule has 2 heterocycles. The van der Waals surface area contributed by atoms with Crippen LogP contribution in [0.5, 0.6) is 0 Å². The van der Waals surface area contributed by atoms with E-state index in [9.17, 15) is 10.1 Å². The van der Waals surface area contributed by atoms with Crippen molar-refractivity contribution >= 4 is 11.4 Å². The number of pyridine rings is 1. The van der Waals surface area contributed by atoms with Gasteiger partial charge in [-0.05, 0) is 43.2 Å². The zero-order valence-corrected chi connectivity index (χ0v) is 15.1. The minimum Gasteiger partial charge on any atom is -0.369 e. The molecular weight excluding hydrogens is 336 g/mol. The van der Waals surface area contributed by atoms with Crippen LogP contribution in [0.4, 0.5) is 0 Å². The lowest BCUT2D eigenvalue weighted by molar-refractivity contribution is -0.121. The van der Waals surface area contributed by atoms with E-state index in [2.05, 4.69) is 17.1 Å². The summed E-state index contributed by atoms with van der Waals surface area (Å²) in [6.45, 7) is 0. The van der Waals surface area contributed by atoms with Crippen LogP contribution in [-0.4, -0.2) is 15.3 Å². The number of carbonyl (C=O) groups excluding carboxylic acids is 1. The Labute approximate surface area is 158 Å². The lowest BCUT2D eigenvalue weighted by Crippen LogP contribution is -2.32. The molecule has 2 N–H and O–H groups in total. The standard InChI is InChI=1S/C22H22N4O/c23-12-15-6-8-17(9-7-15)20(22(24)27)21-19(16-4-2-1-3-5-16)11-10-18-13-25-14-26(18)21/h1-5,10-11,13-15,17,20H,6-9H2,(H2,24,27). The highest BCUT2D eigenvalue weighted by Gasteiger charge is 2.35. The second kappa shape index (κ2) is 7.24. The van der Waals surface area contributed by atoms with Gasteiger partial charge in [0.05, 0.1) is 30.0 Å². The fraction of sp³-hybridized carbons (Fsp3) is 0.318. The third-order valence-electron chi connectivity index (χ3n) is 5.74. The van der Waals surface area contributed by atoms with Gasteiger partial charge in [0.25, 0.3) is 0 Å². The molecule has 3 aromatic rings. The Hall–Kier alpha value is -3.13. The van der Waals surface area contributed by atoms with Gasteiger partial charge in [0.1, 0.15) is 0 Å². The maximum absolute atomic E-state index is 12.6. The molecule has 2 aromatic heterocycles. The molecule has 0 saturated heterocycles. The van der Waals surface area contributed by atoms with E-state index >= 15 is 0 Å². The zero-order valence-electron chi connectivity index (χ0n) is 15.1. The number of imidazole rings is 1. The first-order valence-electron chi connectivity index (χ1n) is 9.38. The molecular formula is C22H22N4O. The number of fused-ring (bicyclic) bond motifs is 1. The molecule has 0 spiro atoms. The van der Waals surface area contributed by atoms with Crippen molar-refractivity contribution in [1.29, 1.82) is 5.26 Å². The average Bonchev–Trinajstić information content (AvgIpc) is 3.18. The van der Waals surface area contributed by atoms with E-state index < -0.39 is 5.92 Å². The van der Waals surface area contributed by atoms with Gasteiger partial charge >= 0.3 is 0 Å². The normalized spacial score (nSPS) is 20.9. The van der Waals surface area contributed by atoms with E-state index in [1.165, 1.54) is 0 Å². The number of nitrogens with zero attached hydrogens (tertiary/aromatic N) is 3. The third-order valence-corrected chi connectivity index (χ3v) is 5.74. The highest BCUT2D eigenvalue weighted by atomic mass is 16.1. The Morgan fingerprint density at radius 1 is 1.15 bits per heavy atom. The van der Waals surface area contributed by atoms with Crippen LogP contribution < -0.4 is 5.73 Å². The minimum absolute atomic E-state index is 0.0902. The first kappa shape index (κ1) is 17.3. The van der Waals surface area contributed by atoms with Crippen molar-refractivity contribution in [1.82, 2.24) is 9.38 Å². The van der Waals surface area contributed by atoms with Crippen LogP contribution in [0.3, 0.4) is 0 Å². The summed E-state index contributed by atoms with van der Waals surface area (Å²) >= 11 is 0. The van der Waals surface area contributed by atoms with Gasteiger partial charge in [-0.3, -0.25) is 4.79 Å². The molecule has 1 aliphatic carbocycles. The SMILES string of the molecule is N#CC1CCC(C(C(N)=O)c2c(-c3ccccc3)ccc3cncn23)CC1. The van der Waals surface area contributed by atoms with E-state index in [4.69, 9.17) is 5.73 Å². The fourth-order valence-electron chi connectivity index (χ4n) is 4.36. The molecule has 1 aromatic carbocycles.